The van der Waals surface area contributed by atoms with Crippen LogP contribution in [0.15, 0.2) is 28.8 Å². The van der Waals surface area contributed by atoms with E-state index in [0.29, 0.717) is 5.88 Å². The Morgan fingerprint density at radius 2 is 2.19 bits per heavy atom. The van der Waals surface area contributed by atoms with Crippen LogP contribution in [0.25, 0.3) is 21.5 Å². The first kappa shape index (κ1) is 9.35. The Kier molecular flexibility index (Phi) is 1.94. The summed E-state index contributed by atoms with van der Waals surface area (Å²) in [4.78, 5) is 4.40. The van der Waals surface area contributed by atoms with Crippen molar-refractivity contribution in [3.05, 3.63) is 29.3 Å². The molecule has 0 bridgehead atoms. The minimum Gasteiger partial charge on any atom is -0.368 e. The molecule has 1 aromatic carbocycles. The van der Waals surface area contributed by atoms with Crippen molar-refractivity contribution in [2.45, 2.75) is 6.92 Å². The van der Waals surface area contributed by atoms with Crippen LogP contribution in [0.4, 0.5) is 5.88 Å². The fraction of sp³-hybridized carbons (Fsp3) is 0.0909. The van der Waals surface area contributed by atoms with E-state index >= 15 is 0 Å². The van der Waals surface area contributed by atoms with Gasteiger partial charge in [-0.2, -0.15) is 0 Å². The lowest BCUT2D eigenvalue weighted by Gasteiger charge is -1.94. The highest BCUT2D eigenvalue weighted by Gasteiger charge is 2.07. The monoisotopic (exact) mass is 231 g/mol. The Labute approximate surface area is 95.7 Å². The summed E-state index contributed by atoms with van der Waals surface area (Å²) < 4.78 is 6.00. The highest BCUT2D eigenvalue weighted by Crippen LogP contribution is 2.27. The third-order valence-electron chi connectivity index (χ3n) is 2.32. The van der Waals surface area contributed by atoms with E-state index in [2.05, 4.69) is 16.2 Å². The topological polar surface area (TPSA) is 64.9 Å². The zero-order valence-electron chi connectivity index (χ0n) is 8.60. The van der Waals surface area contributed by atoms with Crippen LogP contribution >= 0.6 is 11.3 Å². The van der Waals surface area contributed by atoms with Crippen LogP contribution in [0, 0.1) is 6.92 Å². The number of hydrogen-bond acceptors (Lipinski definition) is 5. The molecule has 0 fully saturated rings. The Hall–Kier alpha value is -1.88. The summed E-state index contributed by atoms with van der Waals surface area (Å²) >= 11 is 1.67. The predicted octanol–water partition coefficient (Wildman–Crippen LogP) is 2.84. The van der Waals surface area contributed by atoms with Gasteiger partial charge in [-0.3, -0.25) is 0 Å². The van der Waals surface area contributed by atoms with Crippen LogP contribution in [-0.2, 0) is 0 Å². The predicted molar refractivity (Wildman–Crippen MR) is 64.3 cm³/mol. The number of hydrogen-bond donors (Lipinski definition) is 1. The van der Waals surface area contributed by atoms with Crippen molar-refractivity contribution >= 4 is 27.4 Å². The first-order chi connectivity index (χ1) is 7.72. The summed E-state index contributed by atoms with van der Waals surface area (Å²) in [6.45, 7) is 2.00. The van der Waals surface area contributed by atoms with Crippen molar-refractivity contribution in [3.63, 3.8) is 0 Å². The van der Waals surface area contributed by atoms with Gasteiger partial charge in [0.2, 0.25) is 5.88 Å². The van der Waals surface area contributed by atoms with Gasteiger partial charge in [0, 0.05) is 11.6 Å². The molecular formula is C11H9N3OS. The van der Waals surface area contributed by atoms with Gasteiger partial charge in [0.25, 0.3) is 0 Å². The van der Waals surface area contributed by atoms with Crippen molar-refractivity contribution in [2.75, 3.05) is 5.73 Å². The third kappa shape index (κ3) is 1.45. The van der Waals surface area contributed by atoms with Crippen LogP contribution in [0.3, 0.4) is 0 Å². The zero-order valence-corrected chi connectivity index (χ0v) is 9.41. The van der Waals surface area contributed by atoms with Crippen LogP contribution in [0.1, 0.15) is 5.01 Å². The minimum absolute atomic E-state index is 0.329. The third-order valence-corrected chi connectivity index (χ3v) is 3.25. The lowest BCUT2D eigenvalue weighted by Crippen LogP contribution is -1.77. The van der Waals surface area contributed by atoms with Gasteiger partial charge in [-0.15, -0.1) is 11.3 Å². The number of aromatic nitrogens is 2. The van der Waals surface area contributed by atoms with Gasteiger partial charge in [-0.05, 0) is 19.1 Å². The molecule has 0 saturated carbocycles. The van der Waals surface area contributed by atoms with Crippen LogP contribution in [0.5, 0.6) is 0 Å². The molecule has 0 saturated heterocycles. The van der Waals surface area contributed by atoms with Crippen molar-refractivity contribution in [2.24, 2.45) is 0 Å². The lowest BCUT2D eigenvalue weighted by atomic mass is 10.1. The minimum atomic E-state index is 0.329. The maximum atomic E-state index is 5.49. The van der Waals surface area contributed by atoms with E-state index < -0.39 is 0 Å². The average molecular weight is 231 g/mol. The Balaban J connectivity index is 2.17. The van der Waals surface area contributed by atoms with Gasteiger partial charge in [0.15, 0.2) is 0 Å². The summed E-state index contributed by atoms with van der Waals surface area (Å²) in [6, 6.07) is 7.73. The fourth-order valence-corrected chi connectivity index (χ4v) is 2.49. The maximum Gasteiger partial charge on any atom is 0.222 e. The molecule has 0 aliphatic heterocycles. The molecule has 0 unspecified atom stereocenters. The summed E-state index contributed by atoms with van der Waals surface area (Å²) in [7, 11) is 0. The van der Waals surface area contributed by atoms with Crippen LogP contribution in [-0.4, -0.2) is 10.1 Å². The van der Waals surface area contributed by atoms with Gasteiger partial charge in [0.05, 0.1) is 15.2 Å². The lowest BCUT2D eigenvalue weighted by molar-refractivity contribution is 0.439. The van der Waals surface area contributed by atoms with Crippen molar-refractivity contribution in [1.29, 1.82) is 0 Å². The molecule has 0 radical (unpaired) electrons. The van der Waals surface area contributed by atoms with E-state index in [0.717, 1.165) is 26.5 Å². The number of nitrogen functional groups attached to an aromatic ring is 1. The smallest absolute Gasteiger partial charge is 0.222 e. The number of aryl methyl sites for hydroxylation is 1. The number of benzene rings is 1. The van der Waals surface area contributed by atoms with Gasteiger partial charge >= 0.3 is 0 Å². The number of anilines is 1. The van der Waals surface area contributed by atoms with Crippen molar-refractivity contribution < 1.29 is 4.52 Å². The quantitative estimate of drug-likeness (QED) is 0.699. The zero-order chi connectivity index (χ0) is 11.1. The van der Waals surface area contributed by atoms with Crippen LogP contribution < -0.4 is 5.73 Å². The van der Waals surface area contributed by atoms with Crippen molar-refractivity contribution in [3.8, 4) is 11.3 Å². The molecule has 2 aromatic heterocycles. The Morgan fingerprint density at radius 1 is 1.31 bits per heavy atom. The fourth-order valence-electron chi connectivity index (χ4n) is 1.62. The second-order valence-corrected chi connectivity index (χ2v) is 4.76. The maximum absolute atomic E-state index is 5.49. The van der Waals surface area contributed by atoms with E-state index in [1.54, 1.807) is 17.4 Å². The van der Waals surface area contributed by atoms with E-state index in [-0.39, 0.29) is 0 Å². The van der Waals surface area contributed by atoms with E-state index in [4.69, 9.17) is 10.3 Å². The largest absolute Gasteiger partial charge is 0.368 e. The molecule has 0 spiro atoms. The molecule has 4 nitrogen and oxygen atoms in total. The molecule has 3 rings (SSSR count). The molecule has 16 heavy (non-hydrogen) atoms. The summed E-state index contributed by atoms with van der Waals surface area (Å²) in [5.74, 6) is 0.329. The number of rotatable bonds is 1. The molecular weight excluding hydrogens is 222 g/mol. The van der Waals surface area contributed by atoms with Gasteiger partial charge < -0.3 is 10.3 Å². The van der Waals surface area contributed by atoms with Crippen molar-refractivity contribution in [1.82, 2.24) is 10.1 Å². The second kappa shape index (κ2) is 3.31. The standard InChI is InChI=1S/C11H9N3OS/c1-6-13-8-3-2-7(4-10(8)16-6)9-5-11(12)15-14-9/h2-5H,12H2,1H3. The summed E-state index contributed by atoms with van der Waals surface area (Å²) in [5, 5.41) is 4.95. The number of fused-ring (bicyclic) bond motifs is 1. The average Bonchev–Trinajstić information content (AvgIpc) is 2.81. The molecule has 80 valence electrons. The summed E-state index contributed by atoms with van der Waals surface area (Å²) in [5.41, 5.74) is 8.26. The second-order valence-electron chi connectivity index (χ2n) is 3.53. The molecule has 2 N–H and O–H groups in total. The first-order valence-electron chi connectivity index (χ1n) is 4.82. The number of thiazole rings is 1. The van der Waals surface area contributed by atoms with E-state index in [9.17, 15) is 0 Å². The van der Waals surface area contributed by atoms with Gasteiger partial charge in [-0.25, -0.2) is 4.98 Å². The summed E-state index contributed by atoms with van der Waals surface area (Å²) in [6.07, 6.45) is 0. The molecule has 0 aliphatic carbocycles. The molecule has 3 aromatic rings. The Morgan fingerprint density at radius 3 is 2.94 bits per heavy atom. The van der Waals surface area contributed by atoms with E-state index in [1.165, 1.54) is 0 Å². The molecule has 0 amide bonds. The highest BCUT2D eigenvalue weighted by atomic mass is 32.1. The van der Waals surface area contributed by atoms with E-state index in [1.807, 2.05) is 19.1 Å². The SMILES string of the molecule is Cc1nc2ccc(-c3cc(N)on3)cc2s1. The Bertz CT molecular complexity index is 656. The molecule has 2 heterocycles. The van der Waals surface area contributed by atoms with Gasteiger partial charge in [0.1, 0.15) is 5.69 Å². The molecule has 0 aliphatic rings. The number of nitrogens with zero attached hydrogens (tertiary/aromatic N) is 2. The normalized spacial score (nSPS) is 11.1. The molecule has 5 heteroatoms. The highest BCUT2D eigenvalue weighted by molar-refractivity contribution is 7.18. The molecule has 0 atom stereocenters. The number of nitrogens with two attached hydrogens (primary N) is 1. The first-order valence-corrected chi connectivity index (χ1v) is 5.64. The van der Waals surface area contributed by atoms with Gasteiger partial charge in [-0.1, -0.05) is 11.2 Å². The van der Waals surface area contributed by atoms with Crippen LogP contribution in [0.2, 0.25) is 0 Å².